The molecule has 1 aromatic heterocycles. The Balaban J connectivity index is 2.09. The van der Waals surface area contributed by atoms with Crippen molar-refractivity contribution in [2.75, 3.05) is 38.2 Å². The second kappa shape index (κ2) is 5.58. The lowest BCUT2D eigenvalue weighted by molar-refractivity contribution is 0.0299. The second-order valence-corrected chi connectivity index (χ2v) is 3.72. The van der Waals surface area contributed by atoms with Crippen molar-refractivity contribution in [3.05, 3.63) is 18.1 Å². The molecule has 92 valence electrons. The molecule has 6 heteroatoms. The van der Waals surface area contributed by atoms with Gasteiger partial charge < -0.3 is 15.0 Å². The number of carbonyl (C=O) groups excluding carboxylic acids is 1. The number of rotatable bonds is 3. The molecule has 0 spiro atoms. The Morgan fingerprint density at radius 2 is 2.24 bits per heavy atom. The summed E-state index contributed by atoms with van der Waals surface area (Å²) in [4.78, 5) is 22.1. The van der Waals surface area contributed by atoms with E-state index in [2.05, 4.69) is 15.3 Å². The predicted molar refractivity (Wildman–Crippen MR) is 62.9 cm³/mol. The number of morpholine rings is 1. The molecule has 6 nitrogen and oxygen atoms in total. The maximum Gasteiger partial charge on any atom is 0.274 e. The molecule has 0 radical (unpaired) electrons. The molecule has 0 aliphatic carbocycles. The lowest BCUT2D eigenvalue weighted by Gasteiger charge is -2.26. The summed E-state index contributed by atoms with van der Waals surface area (Å²) in [6.45, 7) is 5.14. The van der Waals surface area contributed by atoms with Crippen LogP contribution in [0.25, 0.3) is 0 Å². The first-order valence-electron chi connectivity index (χ1n) is 5.74. The summed E-state index contributed by atoms with van der Waals surface area (Å²) in [5, 5.41) is 3.04. The summed E-state index contributed by atoms with van der Waals surface area (Å²) in [6, 6.07) is 0. The van der Waals surface area contributed by atoms with Gasteiger partial charge in [-0.1, -0.05) is 0 Å². The van der Waals surface area contributed by atoms with Gasteiger partial charge in [-0.3, -0.25) is 9.78 Å². The van der Waals surface area contributed by atoms with Crippen LogP contribution in [0.15, 0.2) is 12.4 Å². The zero-order valence-corrected chi connectivity index (χ0v) is 9.85. The molecule has 0 aromatic carbocycles. The first-order valence-corrected chi connectivity index (χ1v) is 5.74. The predicted octanol–water partition coefficient (Wildman–Crippen LogP) is 0.381. The third-order valence-electron chi connectivity index (χ3n) is 2.51. The van der Waals surface area contributed by atoms with Gasteiger partial charge in [-0.15, -0.1) is 0 Å². The van der Waals surface area contributed by atoms with Crippen LogP contribution in [0.2, 0.25) is 0 Å². The standard InChI is InChI=1S/C11H16N4O2/c1-2-13-10-8-12-7-9(14-10)11(16)15-3-5-17-6-4-15/h7-8H,2-6H2,1H3,(H,13,14). The van der Waals surface area contributed by atoms with Crippen molar-refractivity contribution in [3.63, 3.8) is 0 Å². The molecule has 1 aliphatic heterocycles. The number of amides is 1. The fourth-order valence-corrected chi connectivity index (χ4v) is 1.66. The first-order chi connectivity index (χ1) is 8.31. The minimum atomic E-state index is -0.0828. The maximum absolute atomic E-state index is 12.1. The van der Waals surface area contributed by atoms with E-state index < -0.39 is 0 Å². The van der Waals surface area contributed by atoms with Gasteiger partial charge in [0.1, 0.15) is 11.5 Å². The molecule has 1 amide bonds. The van der Waals surface area contributed by atoms with Crippen molar-refractivity contribution in [2.45, 2.75) is 6.92 Å². The number of ether oxygens (including phenoxy) is 1. The molecule has 2 rings (SSSR count). The van der Waals surface area contributed by atoms with E-state index in [1.807, 2.05) is 6.92 Å². The molecular weight excluding hydrogens is 220 g/mol. The van der Waals surface area contributed by atoms with Gasteiger partial charge >= 0.3 is 0 Å². The van der Waals surface area contributed by atoms with Crippen molar-refractivity contribution in [1.29, 1.82) is 0 Å². The van der Waals surface area contributed by atoms with E-state index in [1.54, 1.807) is 11.1 Å². The molecular formula is C11H16N4O2. The Bertz CT molecular complexity index is 391. The van der Waals surface area contributed by atoms with Gasteiger partial charge in [-0.25, -0.2) is 4.98 Å². The maximum atomic E-state index is 12.1. The van der Waals surface area contributed by atoms with Crippen molar-refractivity contribution in [2.24, 2.45) is 0 Å². The molecule has 0 unspecified atom stereocenters. The molecule has 0 atom stereocenters. The number of hydrogen-bond acceptors (Lipinski definition) is 5. The average Bonchev–Trinajstić information content (AvgIpc) is 2.40. The van der Waals surface area contributed by atoms with Crippen molar-refractivity contribution in [1.82, 2.24) is 14.9 Å². The van der Waals surface area contributed by atoms with Crippen LogP contribution in [0.5, 0.6) is 0 Å². The smallest absolute Gasteiger partial charge is 0.274 e. The lowest BCUT2D eigenvalue weighted by Crippen LogP contribution is -2.41. The van der Waals surface area contributed by atoms with Crippen LogP contribution >= 0.6 is 0 Å². The Labute approximate surface area is 100 Å². The van der Waals surface area contributed by atoms with Crippen LogP contribution < -0.4 is 5.32 Å². The molecule has 1 aromatic rings. The van der Waals surface area contributed by atoms with Gasteiger partial charge in [-0.2, -0.15) is 0 Å². The van der Waals surface area contributed by atoms with Crippen LogP contribution in [0, 0.1) is 0 Å². The lowest BCUT2D eigenvalue weighted by atomic mass is 10.3. The van der Waals surface area contributed by atoms with E-state index in [0.29, 0.717) is 37.8 Å². The number of nitrogens with zero attached hydrogens (tertiary/aromatic N) is 3. The molecule has 17 heavy (non-hydrogen) atoms. The first kappa shape index (κ1) is 11.8. The SMILES string of the molecule is CCNc1cncc(C(=O)N2CCOCC2)n1. The molecule has 0 bridgehead atoms. The van der Waals surface area contributed by atoms with Crippen LogP contribution in [0.4, 0.5) is 5.82 Å². The minimum Gasteiger partial charge on any atom is -0.378 e. The van der Waals surface area contributed by atoms with Gasteiger partial charge in [0, 0.05) is 19.6 Å². The van der Waals surface area contributed by atoms with E-state index in [0.717, 1.165) is 6.54 Å². The van der Waals surface area contributed by atoms with Crippen LogP contribution in [-0.4, -0.2) is 53.6 Å². The van der Waals surface area contributed by atoms with Crippen LogP contribution in [0.3, 0.4) is 0 Å². The number of anilines is 1. The number of carbonyl (C=O) groups is 1. The molecule has 1 N–H and O–H groups in total. The summed E-state index contributed by atoms with van der Waals surface area (Å²) in [7, 11) is 0. The van der Waals surface area contributed by atoms with E-state index >= 15 is 0 Å². The Hall–Kier alpha value is -1.69. The Morgan fingerprint density at radius 1 is 1.47 bits per heavy atom. The van der Waals surface area contributed by atoms with E-state index in [-0.39, 0.29) is 5.91 Å². The van der Waals surface area contributed by atoms with Gasteiger partial charge in [0.05, 0.1) is 25.6 Å². The highest BCUT2D eigenvalue weighted by atomic mass is 16.5. The number of aromatic nitrogens is 2. The summed E-state index contributed by atoms with van der Waals surface area (Å²) in [5.74, 6) is 0.548. The van der Waals surface area contributed by atoms with E-state index in [1.165, 1.54) is 6.20 Å². The van der Waals surface area contributed by atoms with Gasteiger partial charge in [0.25, 0.3) is 5.91 Å². The summed E-state index contributed by atoms with van der Waals surface area (Å²) < 4.78 is 5.21. The quantitative estimate of drug-likeness (QED) is 0.821. The highest BCUT2D eigenvalue weighted by Crippen LogP contribution is 2.07. The fraction of sp³-hybridized carbons (Fsp3) is 0.545. The monoisotopic (exact) mass is 236 g/mol. The van der Waals surface area contributed by atoms with Gasteiger partial charge in [-0.05, 0) is 6.92 Å². The summed E-state index contributed by atoms with van der Waals surface area (Å²) in [6.07, 6.45) is 3.11. The summed E-state index contributed by atoms with van der Waals surface area (Å²) in [5.41, 5.74) is 0.380. The molecule has 0 saturated carbocycles. The van der Waals surface area contributed by atoms with Crippen LogP contribution in [-0.2, 0) is 4.74 Å². The van der Waals surface area contributed by atoms with Gasteiger partial charge in [0.15, 0.2) is 0 Å². The average molecular weight is 236 g/mol. The third kappa shape index (κ3) is 2.91. The summed E-state index contributed by atoms with van der Waals surface area (Å²) >= 11 is 0. The van der Waals surface area contributed by atoms with E-state index in [4.69, 9.17) is 4.74 Å². The highest BCUT2D eigenvalue weighted by molar-refractivity contribution is 5.92. The van der Waals surface area contributed by atoms with Crippen LogP contribution in [0.1, 0.15) is 17.4 Å². The van der Waals surface area contributed by atoms with Crippen molar-refractivity contribution in [3.8, 4) is 0 Å². The highest BCUT2D eigenvalue weighted by Gasteiger charge is 2.19. The minimum absolute atomic E-state index is 0.0828. The Morgan fingerprint density at radius 3 is 2.94 bits per heavy atom. The molecule has 2 heterocycles. The molecule has 1 saturated heterocycles. The zero-order chi connectivity index (χ0) is 12.1. The molecule has 1 fully saturated rings. The second-order valence-electron chi connectivity index (χ2n) is 3.72. The third-order valence-corrected chi connectivity index (χ3v) is 2.51. The van der Waals surface area contributed by atoms with E-state index in [9.17, 15) is 4.79 Å². The topological polar surface area (TPSA) is 67.4 Å². The largest absolute Gasteiger partial charge is 0.378 e. The van der Waals surface area contributed by atoms with Crippen molar-refractivity contribution < 1.29 is 9.53 Å². The van der Waals surface area contributed by atoms with Gasteiger partial charge in [0.2, 0.25) is 0 Å². The zero-order valence-electron chi connectivity index (χ0n) is 9.85. The van der Waals surface area contributed by atoms with Crippen molar-refractivity contribution >= 4 is 11.7 Å². The Kier molecular flexibility index (Phi) is 3.87. The molecule has 1 aliphatic rings. The number of nitrogens with one attached hydrogen (secondary N) is 1. The number of hydrogen-bond donors (Lipinski definition) is 1. The normalized spacial score (nSPS) is 15.7. The fourth-order valence-electron chi connectivity index (χ4n) is 1.66.